The van der Waals surface area contributed by atoms with Gasteiger partial charge < -0.3 is 10.1 Å². The lowest BCUT2D eigenvalue weighted by Crippen LogP contribution is -2.55. The van der Waals surface area contributed by atoms with Crippen molar-refractivity contribution >= 4 is 27.3 Å². The Morgan fingerprint density at radius 3 is 2.30 bits per heavy atom. The largest absolute Gasteiger partial charge is 0.495 e. The molecule has 1 amide bonds. The van der Waals surface area contributed by atoms with Crippen molar-refractivity contribution in [2.24, 2.45) is 23.2 Å². The number of carbonyl (C=O) groups is 1. The van der Waals surface area contributed by atoms with Crippen molar-refractivity contribution in [1.82, 2.24) is 5.32 Å². The molecule has 1 unspecified atom stereocenters. The van der Waals surface area contributed by atoms with Gasteiger partial charge in [-0.3, -0.25) is 19.6 Å². The molecule has 4 fully saturated rings. The molecule has 2 aromatic carbocycles. The summed E-state index contributed by atoms with van der Waals surface area (Å²) in [6.07, 6.45) is 6.97. The predicted molar refractivity (Wildman–Crippen MR) is 134 cm³/mol. The summed E-state index contributed by atoms with van der Waals surface area (Å²) in [7, 11) is -3.03. The van der Waals surface area contributed by atoms with Crippen LogP contribution in [0, 0.1) is 39.1 Å². The maximum atomic E-state index is 14.7. The predicted octanol–water partition coefficient (Wildman–Crippen LogP) is 4.88. The molecule has 0 spiro atoms. The van der Waals surface area contributed by atoms with Crippen LogP contribution in [0.4, 0.5) is 15.8 Å². The van der Waals surface area contributed by atoms with Gasteiger partial charge in [0.05, 0.1) is 28.2 Å². The zero-order valence-electron chi connectivity index (χ0n) is 20.7. The number of benzene rings is 2. The highest BCUT2D eigenvalue weighted by molar-refractivity contribution is 7.92. The van der Waals surface area contributed by atoms with Crippen LogP contribution in [0.5, 0.6) is 5.75 Å². The smallest absolute Gasteiger partial charge is 0.271 e. The highest BCUT2D eigenvalue weighted by Gasteiger charge is 2.53. The topological polar surface area (TPSA) is 128 Å². The van der Waals surface area contributed by atoms with E-state index in [1.165, 1.54) is 38.5 Å². The Balaban J connectivity index is 1.37. The minimum atomic E-state index is -4.33. The average Bonchev–Trinajstić information content (AvgIpc) is 2.83. The quantitative estimate of drug-likeness (QED) is 0.369. The second-order valence-corrected chi connectivity index (χ2v) is 12.5. The number of nitro benzene ring substituents is 1. The first kappa shape index (κ1) is 25.4. The second kappa shape index (κ2) is 9.27. The van der Waals surface area contributed by atoms with E-state index in [4.69, 9.17) is 4.74 Å². The number of non-ortho nitro benzene ring substituents is 1. The third-order valence-electron chi connectivity index (χ3n) is 8.48. The summed E-state index contributed by atoms with van der Waals surface area (Å²) in [4.78, 5) is 23.3. The first-order valence-corrected chi connectivity index (χ1v) is 13.9. The lowest BCUT2D eigenvalue weighted by Gasteiger charge is -2.59. The zero-order chi connectivity index (χ0) is 26.5. The Hall–Kier alpha value is -3.21. The fraction of sp³-hybridized carbons (Fsp3) is 0.500. The van der Waals surface area contributed by atoms with Crippen LogP contribution in [0.1, 0.15) is 55.8 Å². The van der Waals surface area contributed by atoms with E-state index in [0.29, 0.717) is 17.8 Å². The van der Waals surface area contributed by atoms with Crippen molar-refractivity contribution in [3.8, 4) is 5.75 Å². The lowest BCUT2D eigenvalue weighted by molar-refractivity contribution is -0.384. The molecule has 11 heteroatoms. The molecule has 2 aromatic rings. The Morgan fingerprint density at radius 1 is 1.11 bits per heavy atom. The Morgan fingerprint density at radius 2 is 1.73 bits per heavy atom. The standard InChI is InChI=1S/C26H30FN3O6S/c1-15(26-12-16-7-17(13-26)9-18(8-16)14-26)28-25(31)21-11-20(4-5-22(21)27)37(34,35)29-23-10-19(30(32)33)3-6-24(23)36-2/h3-6,10-11,15-18,29H,7-9,12-14H2,1-2H3,(H,28,31). The molecular formula is C26H30FN3O6S. The summed E-state index contributed by atoms with van der Waals surface area (Å²) in [5.74, 6) is 0.638. The normalized spacial score (nSPS) is 26.9. The van der Waals surface area contributed by atoms with Gasteiger partial charge in [-0.15, -0.1) is 0 Å². The van der Waals surface area contributed by atoms with Gasteiger partial charge in [0, 0.05) is 18.2 Å². The minimum absolute atomic E-state index is 0.00467. The Bertz CT molecular complexity index is 1330. The number of rotatable bonds is 8. The molecule has 0 aromatic heterocycles. The summed E-state index contributed by atoms with van der Waals surface area (Å²) in [5.41, 5.74) is -0.852. The molecule has 0 radical (unpaired) electrons. The summed E-state index contributed by atoms with van der Waals surface area (Å²) < 4.78 is 48.3. The van der Waals surface area contributed by atoms with Crippen molar-refractivity contribution < 1.29 is 27.3 Å². The minimum Gasteiger partial charge on any atom is -0.495 e. The van der Waals surface area contributed by atoms with E-state index in [0.717, 1.165) is 43.5 Å². The van der Waals surface area contributed by atoms with Gasteiger partial charge in [-0.1, -0.05) is 0 Å². The zero-order valence-corrected chi connectivity index (χ0v) is 21.5. The van der Waals surface area contributed by atoms with E-state index in [1.54, 1.807) is 0 Å². The third kappa shape index (κ3) is 4.76. The molecule has 2 N–H and O–H groups in total. The molecule has 4 bridgehead atoms. The fourth-order valence-electron chi connectivity index (χ4n) is 7.07. The maximum absolute atomic E-state index is 14.7. The number of nitrogens with one attached hydrogen (secondary N) is 2. The van der Waals surface area contributed by atoms with Crippen molar-refractivity contribution in [3.63, 3.8) is 0 Å². The van der Waals surface area contributed by atoms with Gasteiger partial charge in [0.2, 0.25) is 0 Å². The number of hydrogen-bond acceptors (Lipinski definition) is 6. The van der Waals surface area contributed by atoms with E-state index < -0.39 is 26.7 Å². The molecule has 6 rings (SSSR count). The van der Waals surface area contributed by atoms with Gasteiger partial charge in [-0.05, 0) is 92.9 Å². The number of hydrogen-bond donors (Lipinski definition) is 2. The molecule has 37 heavy (non-hydrogen) atoms. The molecular weight excluding hydrogens is 501 g/mol. The summed E-state index contributed by atoms with van der Waals surface area (Å²) in [5, 5.41) is 14.1. The van der Waals surface area contributed by atoms with Crippen LogP contribution in [0.25, 0.3) is 0 Å². The van der Waals surface area contributed by atoms with Crippen molar-refractivity contribution in [2.75, 3.05) is 11.8 Å². The van der Waals surface area contributed by atoms with Crippen molar-refractivity contribution in [2.45, 2.75) is 56.4 Å². The van der Waals surface area contributed by atoms with Crippen molar-refractivity contribution in [1.29, 1.82) is 0 Å². The second-order valence-electron chi connectivity index (χ2n) is 10.9. The molecule has 198 valence electrons. The van der Waals surface area contributed by atoms with Crippen LogP contribution >= 0.6 is 0 Å². The number of nitro groups is 1. The van der Waals surface area contributed by atoms with Gasteiger partial charge in [-0.25, -0.2) is 12.8 Å². The fourth-order valence-corrected chi connectivity index (χ4v) is 8.16. The van der Waals surface area contributed by atoms with Crippen LogP contribution in [-0.2, 0) is 10.0 Å². The highest BCUT2D eigenvalue weighted by atomic mass is 32.2. The van der Waals surface area contributed by atoms with Gasteiger partial charge in [0.1, 0.15) is 11.6 Å². The van der Waals surface area contributed by atoms with Crippen LogP contribution in [0.2, 0.25) is 0 Å². The van der Waals surface area contributed by atoms with Crippen LogP contribution < -0.4 is 14.8 Å². The highest BCUT2D eigenvalue weighted by Crippen LogP contribution is 2.61. The number of halogens is 1. The number of anilines is 1. The Kier molecular flexibility index (Phi) is 6.37. The third-order valence-corrected chi connectivity index (χ3v) is 9.85. The van der Waals surface area contributed by atoms with E-state index in [-0.39, 0.29) is 39.0 Å². The Labute approximate surface area is 215 Å². The summed E-state index contributed by atoms with van der Waals surface area (Å²) in [6, 6.07) is 6.28. The first-order valence-electron chi connectivity index (χ1n) is 12.5. The molecule has 0 saturated heterocycles. The SMILES string of the molecule is COc1ccc([N+](=O)[O-])cc1NS(=O)(=O)c1ccc(F)c(C(=O)NC(C)C23CC4CC(CC(C4)C2)C3)c1. The van der Waals surface area contributed by atoms with Crippen LogP contribution in [-0.4, -0.2) is 32.4 Å². The van der Waals surface area contributed by atoms with Crippen LogP contribution in [0.15, 0.2) is 41.3 Å². The van der Waals surface area contributed by atoms with Gasteiger partial charge in [0.25, 0.3) is 21.6 Å². The van der Waals surface area contributed by atoms with Gasteiger partial charge in [0.15, 0.2) is 0 Å². The number of ether oxygens (including phenoxy) is 1. The van der Waals surface area contributed by atoms with E-state index in [2.05, 4.69) is 10.0 Å². The maximum Gasteiger partial charge on any atom is 0.271 e. The summed E-state index contributed by atoms with van der Waals surface area (Å²) in [6.45, 7) is 1.97. The molecule has 0 aliphatic heterocycles. The molecule has 1 atom stereocenters. The molecule has 0 heterocycles. The van der Waals surface area contributed by atoms with Crippen LogP contribution in [0.3, 0.4) is 0 Å². The van der Waals surface area contributed by atoms with E-state index in [9.17, 15) is 27.7 Å². The van der Waals surface area contributed by atoms with Gasteiger partial charge in [-0.2, -0.15) is 0 Å². The van der Waals surface area contributed by atoms with Crippen molar-refractivity contribution in [3.05, 3.63) is 57.9 Å². The molecule has 4 aliphatic rings. The number of methoxy groups -OCH3 is 1. The van der Waals surface area contributed by atoms with E-state index >= 15 is 0 Å². The van der Waals surface area contributed by atoms with Gasteiger partial charge >= 0.3 is 0 Å². The number of amides is 1. The summed E-state index contributed by atoms with van der Waals surface area (Å²) >= 11 is 0. The number of carbonyl (C=O) groups excluding carboxylic acids is 1. The molecule has 9 nitrogen and oxygen atoms in total. The first-order chi connectivity index (χ1) is 17.5. The number of sulfonamides is 1. The monoisotopic (exact) mass is 531 g/mol. The molecule has 4 saturated carbocycles. The van der Waals surface area contributed by atoms with E-state index in [1.807, 2.05) is 6.92 Å². The average molecular weight is 532 g/mol. The lowest BCUT2D eigenvalue weighted by atomic mass is 9.48. The molecule has 4 aliphatic carbocycles. The number of nitrogens with zero attached hydrogens (tertiary/aromatic N) is 1.